The van der Waals surface area contributed by atoms with Crippen molar-refractivity contribution in [3.8, 4) is 0 Å². The first-order valence-electron chi connectivity index (χ1n) is 18.8. The van der Waals surface area contributed by atoms with Crippen LogP contribution >= 0.6 is 0 Å². The Labute approximate surface area is 261 Å². The molecule has 0 radical (unpaired) electrons. The number of hydrogen-bond donors (Lipinski definition) is 5. The average Bonchev–Trinajstić information content (AvgIpc) is 3.33. The molecule has 5 heteroatoms. The second-order valence-corrected chi connectivity index (χ2v) is 16.5. The molecule has 4 rings (SSSR count). The summed E-state index contributed by atoms with van der Waals surface area (Å²) in [5.41, 5.74) is 13.2. The Morgan fingerprint density at radius 3 is 2.10 bits per heavy atom. The van der Waals surface area contributed by atoms with Crippen molar-refractivity contribution in [3.05, 3.63) is 0 Å². The number of fused-ring (bicyclic) bond motifs is 5. The van der Waals surface area contributed by atoms with E-state index in [1.54, 1.807) is 0 Å². The lowest BCUT2D eigenvalue weighted by Gasteiger charge is -2.61. The van der Waals surface area contributed by atoms with E-state index in [4.69, 9.17) is 11.5 Å². The van der Waals surface area contributed by atoms with Crippen molar-refractivity contribution in [1.29, 1.82) is 0 Å². The Kier molecular flexibility index (Phi) is 13.5. The van der Waals surface area contributed by atoms with Crippen molar-refractivity contribution in [2.24, 2.45) is 63.7 Å². The van der Waals surface area contributed by atoms with Gasteiger partial charge >= 0.3 is 0 Å². The summed E-state index contributed by atoms with van der Waals surface area (Å²) in [7, 11) is 0. The van der Waals surface area contributed by atoms with Crippen LogP contribution in [0.4, 0.5) is 0 Å². The fourth-order valence-corrected chi connectivity index (χ4v) is 10.9. The molecule has 10 atom stereocenters. The van der Waals surface area contributed by atoms with Gasteiger partial charge in [-0.05, 0) is 188 Å². The Balaban J connectivity index is 1.17. The number of nitrogens with one attached hydrogen (secondary N) is 3. The SMILES string of the molecule is CC(C)C(N)CC[C@@H](C)[C@H]1CC[C@H]2[C@@H]3CC[C@H]4C[C@H](NCCCNCCCCNCCCN)CC[C@]4(C)[C@H]3CC[C@]12C. The maximum atomic E-state index is 6.47. The molecule has 0 aromatic carbocycles. The second-order valence-electron chi connectivity index (χ2n) is 16.5. The van der Waals surface area contributed by atoms with E-state index in [-0.39, 0.29) is 0 Å². The van der Waals surface area contributed by atoms with Gasteiger partial charge in [-0.2, -0.15) is 0 Å². The molecule has 4 aliphatic rings. The molecule has 4 aliphatic carbocycles. The summed E-state index contributed by atoms with van der Waals surface area (Å²) in [4.78, 5) is 0. The van der Waals surface area contributed by atoms with Crippen molar-refractivity contribution >= 4 is 0 Å². The molecule has 0 heterocycles. The maximum Gasteiger partial charge on any atom is 0.00701 e. The minimum absolute atomic E-state index is 0.374. The Hall–Kier alpha value is -0.200. The minimum atomic E-state index is 0.374. The quantitative estimate of drug-likeness (QED) is 0.115. The molecule has 0 spiro atoms. The van der Waals surface area contributed by atoms with E-state index in [0.29, 0.717) is 22.8 Å². The van der Waals surface area contributed by atoms with Gasteiger partial charge in [0.2, 0.25) is 0 Å². The van der Waals surface area contributed by atoms with Crippen LogP contribution in [-0.4, -0.2) is 51.4 Å². The van der Waals surface area contributed by atoms with Crippen LogP contribution in [-0.2, 0) is 0 Å². The topological polar surface area (TPSA) is 88.1 Å². The highest BCUT2D eigenvalue weighted by Gasteiger charge is 2.60. The van der Waals surface area contributed by atoms with Crippen LogP contribution in [0.1, 0.15) is 131 Å². The third-order valence-electron chi connectivity index (χ3n) is 13.7. The van der Waals surface area contributed by atoms with E-state index in [1.165, 1.54) is 96.4 Å². The van der Waals surface area contributed by atoms with Crippen LogP contribution in [0.15, 0.2) is 0 Å². The molecule has 1 unspecified atom stereocenters. The van der Waals surface area contributed by atoms with Gasteiger partial charge in [0.25, 0.3) is 0 Å². The van der Waals surface area contributed by atoms with E-state index >= 15 is 0 Å². The van der Waals surface area contributed by atoms with E-state index in [0.717, 1.165) is 80.7 Å². The largest absolute Gasteiger partial charge is 0.330 e. The van der Waals surface area contributed by atoms with Gasteiger partial charge in [-0.3, -0.25) is 0 Å². The van der Waals surface area contributed by atoms with Crippen LogP contribution < -0.4 is 27.4 Å². The first-order valence-corrected chi connectivity index (χ1v) is 18.8. The summed E-state index contributed by atoms with van der Waals surface area (Å²) in [5.74, 6) is 6.27. The van der Waals surface area contributed by atoms with Crippen molar-refractivity contribution in [2.75, 3.05) is 39.3 Å². The van der Waals surface area contributed by atoms with Crippen molar-refractivity contribution in [1.82, 2.24) is 16.0 Å². The van der Waals surface area contributed by atoms with Crippen molar-refractivity contribution in [3.63, 3.8) is 0 Å². The third-order valence-corrected chi connectivity index (χ3v) is 13.7. The van der Waals surface area contributed by atoms with Gasteiger partial charge in [0.1, 0.15) is 0 Å². The van der Waals surface area contributed by atoms with E-state index in [2.05, 4.69) is 50.6 Å². The second kappa shape index (κ2) is 16.4. The standard InChI is InChI=1S/C37H73N5/c1-27(2)35(39)15-10-28(3)32-13-14-33-31-12-11-29-26-30(16-18-36(29,4)34(31)17-19-37(32,33)5)42-25-9-24-41-22-7-6-21-40-23-8-20-38/h27-35,40-42H,6-26,38-39H2,1-5H3/t28-,29+,30-,31+,32-,33+,34+,35?,36+,37-/m1/s1. The minimum Gasteiger partial charge on any atom is -0.330 e. The first kappa shape index (κ1) is 34.7. The smallest absolute Gasteiger partial charge is 0.00701 e. The Morgan fingerprint density at radius 1 is 0.714 bits per heavy atom. The summed E-state index contributed by atoms with van der Waals surface area (Å²) in [6.45, 7) is 19.1. The Bertz CT molecular complexity index is 773. The van der Waals surface area contributed by atoms with Crippen LogP contribution in [0, 0.1) is 52.3 Å². The summed E-state index contributed by atoms with van der Waals surface area (Å²) < 4.78 is 0. The predicted octanol–water partition coefficient (Wildman–Crippen LogP) is 6.70. The van der Waals surface area contributed by atoms with Gasteiger partial charge in [0.15, 0.2) is 0 Å². The summed E-state index contributed by atoms with van der Waals surface area (Å²) >= 11 is 0. The monoisotopic (exact) mass is 588 g/mol. The van der Waals surface area contributed by atoms with E-state index < -0.39 is 0 Å². The lowest BCUT2D eigenvalue weighted by atomic mass is 9.44. The fraction of sp³-hybridized carbons (Fsp3) is 1.00. The van der Waals surface area contributed by atoms with Gasteiger partial charge < -0.3 is 27.4 Å². The normalized spacial score (nSPS) is 37.7. The number of rotatable bonds is 18. The number of unbranched alkanes of at least 4 members (excludes halogenated alkanes) is 1. The highest BCUT2D eigenvalue weighted by atomic mass is 14.9. The molecule has 0 amide bonds. The predicted molar refractivity (Wildman–Crippen MR) is 181 cm³/mol. The molecule has 0 aromatic heterocycles. The maximum absolute atomic E-state index is 6.47. The molecular formula is C37H73N5. The molecule has 246 valence electrons. The lowest BCUT2D eigenvalue weighted by molar-refractivity contribution is -0.118. The van der Waals surface area contributed by atoms with E-state index in [1.807, 2.05) is 0 Å². The van der Waals surface area contributed by atoms with Crippen LogP contribution in [0.2, 0.25) is 0 Å². The zero-order chi connectivity index (χ0) is 30.2. The van der Waals surface area contributed by atoms with Gasteiger partial charge in [-0.25, -0.2) is 0 Å². The van der Waals surface area contributed by atoms with E-state index in [9.17, 15) is 0 Å². The molecule has 0 aliphatic heterocycles. The van der Waals surface area contributed by atoms with Crippen LogP contribution in [0.25, 0.3) is 0 Å². The number of hydrogen-bond acceptors (Lipinski definition) is 5. The molecule has 4 fully saturated rings. The van der Waals surface area contributed by atoms with Gasteiger partial charge in [-0.1, -0.05) is 34.6 Å². The van der Waals surface area contributed by atoms with Crippen molar-refractivity contribution in [2.45, 2.75) is 143 Å². The summed E-state index contributed by atoms with van der Waals surface area (Å²) in [5, 5.41) is 11.1. The average molecular weight is 588 g/mol. The first-order chi connectivity index (χ1) is 20.2. The lowest BCUT2D eigenvalue weighted by Crippen LogP contribution is -2.55. The number of nitrogens with two attached hydrogens (primary N) is 2. The molecule has 5 nitrogen and oxygen atoms in total. The molecule has 42 heavy (non-hydrogen) atoms. The van der Waals surface area contributed by atoms with Gasteiger partial charge in [0.05, 0.1) is 0 Å². The summed E-state index contributed by atoms with van der Waals surface area (Å²) in [6.07, 6.45) is 20.7. The highest BCUT2D eigenvalue weighted by Crippen LogP contribution is 2.68. The zero-order valence-corrected chi connectivity index (χ0v) is 28.7. The highest BCUT2D eigenvalue weighted by molar-refractivity contribution is 5.10. The van der Waals surface area contributed by atoms with Gasteiger partial charge in [0, 0.05) is 12.1 Å². The molecule has 0 saturated heterocycles. The molecular weight excluding hydrogens is 514 g/mol. The third kappa shape index (κ3) is 8.33. The van der Waals surface area contributed by atoms with Gasteiger partial charge in [-0.15, -0.1) is 0 Å². The summed E-state index contributed by atoms with van der Waals surface area (Å²) in [6, 6.07) is 1.13. The van der Waals surface area contributed by atoms with Crippen LogP contribution in [0.5, 0.6) is 0 Å². The fourth-order valence-electron chi connectivity index (χ4n) is 10.9. The molecule has 4 saturated carbocycles. The molecule has 0 bridgehead atoms. The Morgan fingerprint density at radius 2 is 1.38 bits per heavy atom. The van der Waals surface area contributed by atoms with Crippen molar-refractivity contribution < 1.29 is 0 Å². The van der Waals surface area contributed by atoms with Crippen LogP contribution in [0.3, 0.4) is 0 Å². The molecule has 7 N–H and O–H groups in total. The molecule has 0 aromatic rings. The zero-order valence-electron chi connectivity index (χ0n) is 28.7.